The fourth-order valence-electron chi connectivity index (χ4n) is 3.14. The molecule has 7 heteroatoms. The van der Waals surface area contributed by atoms with E-state index in [9.17, 15) is 8.42 Å². The molecule has 0 bridgehead atoms. The quantitative estimate of drug-likeness (QED) is 0.779. The molecule has 130 valence electrons. The van der Waals surface area contributed by atoms with E-state index in [-0.39, 0.29) is 9.79 Å². The van der Waals surface area contributed by atoms with Crippen LogP contribution < -0.4 is 4.90 Å². The molecule has 6 nitrogen and oxygen atoms in total. The number of likely N-dealkylation sites (N-methyl/N-ethyl adjacent to an activating group) is 1. The van der Waals surface area contributed by atoms with Gasteiger partial charge in [-0.25, -0.2) is 8.42 Å². The van der Waals surface area contributed by atoms with Gasteiger partial charge in [-0.3, -0.25) is 4.98 Å². The summed E-state index contributed by atoms with van der Waals surface area (Å²) in [4.78, 5) is 12.6. The molecule has 0 atom stereocenters. The smallest absolute Gasteiger partial charge is 0.210 e. The summed E-state index contributed by atoms with van der Waals surface area (Å²) in [6.07, 6.45) is 3.30. The lowest BCUT2D eigenvalue weighted by molar-refractivity contribution is 0.313. The van der Waals surface area contributed by atoms with Gasteiger partial charge in [0, 0.05) is 32.4 Å². The lowest BCUT2D eigenvalue weighted by atomic mass is 10.2. The summed E-state index contributed by atoms with van der Waals surface area (Å²) in [6.45, 7) is 3.91. The van der Waals surface area contributed by atoms with Gasteiger partial charge in [0.2, 0.25) is 9.84 Å². The van der Waals surface area contributed by atoms with Crippen molar-refractivity contribution < 1.29 is 8.42 Å². The number of rotatable bonds is 3. The molecule has 3 aromatic rings. The number of nitrogens with zero attached hydrogens (tertiary/aromatic N) is 3. The zero-order chi connectivity index (χ0) is 17.4. The second kappa shape index (κ2) is 6.16. The number of H-pyrrole nitrogens is 1. The minimum atomic E-state index is -3.58. The predicted molar refractivity (Wildman–Crippen MR) is 97.7 cm³/mol. The predicted octanol–water partition coefficient (Wildman–Crippen LogP) is 2.15. The highest BCUT2D eigenvalue weighted by molar-refractivity contribution is 7.91. The number of sulfone groups is 1. The lowest BCUT2D eigenvalue weighted by Gasteiger charge is -2.33. The molecule has 0 radical (unpaired) electrons. The third-order valence-electron chi connectivity index (χ3n) is 4.68. The van der Waals surface area contributed by atoms with E-state index in [2.05, 4.69) is 26.8 Å². The molecule has 1 aliphatic rings. The number of hydrogen-bond donors (Lipinski definition) is 1. The Morgan fingerprint density at radius 3 is 2.52 bits per heavy atom. The van der Waals surface area contributed by atoms with E-state index in [1.54, 1.807) is 36.5 Å². The fraction of sp³-hybridized carbons (Fsp3) is 0.278. The number of benzene rings is 1. The third-order valence-corrected chi connectivity index (χ3v) is 6.46. The Hall–Kier alpha value is -2.38. The standard InChI is InChI=1S/C18H20N4O2S/c1-21-7-9-22(10-8-21)14-11-16-18(20-12-14)17(13-19-16)25(23,24)15-5-3-2-4-6-15/h2-6,11-13,19H,7-10H2,1H3. The van der Waals surface area contributed by atoms with E-state index in [0.29, 0.717) is 5.52 Å². The Balaban J connectivity index is 1.71. The van der Waals surface area contributed by atoms with Gasteiger partial charge in [-0.2, -0.15) is 0 Å². The van der Waals surface area contributed by atoms with Crippen molar-refractivity contribution in [3.63, 3.8) is 0 Å². The molecule has 25 heavy (non-hydrogen) atoms. The Labute approximate surface area is 147 Å². The van der Waals surface area contributed by atoms with E-state index in [0.717, 1.165) is 37.4 Å². The molecule has 0 spiro atoms. The lowest BCUT2D eigenvalue weighted by Crippen LogP contribution is -2.44. The van der Waals surface area contributed by atoms with Crippen LogP contribution in [0.25, 0.3) is 11.0 Å². The summed E-state index contributed by atoms with van der Waals surface area (Å²) in [5, 5.41) is 0. The molecule has 4 rings (SSSR count). The third kappa shape index (κ3) is 2.89. The van der Waals surface area contributed by atoms with E-state index >= 15 is 0 Å². The Bertz CT molecular complexity index is 990. The van der Waals surface area contributed by atoms with Crippen LogP contribution in [-0.2, 0) is 9.84 Å². The monoisotopic (exact) mass is 356 g/mol. The summed E-state index contributed by atoms with van der Waals surface area (Å²) in [5.41, 5.74) is 2.25. The maximum Gasteiger partial charge on any atom is 0.210 e. The van der Waals surface area contributed by atoms with Crippen LogP contribution in [0.15, 0.2) is 58.6 Å². The van der Waals surface area contributed by atoms with Crippen LogP contribution in [0.2, 0.25) is 0 Å². The van der Waals surface area contributed by atoms with Gasteiger partial charge in [0.1, 0.15) is 10.4 Å². The van der Waals surface area contributed by atoms with Crippen LogP contribution in [0.1, 0.15) is 0 Å². The van der Waals surface area contributed by atoms with E-state index < -0.39 is 9.84 Å². The van der Waals surface area contributed by atoms with Crippen LogP contribution in [-0.4, -0.2) is 56.5 Å². The fourth-order valence-corrected chi connectivity index (χ4v) is 4.54. The topological polar surface area (TPSA) is 69.3 Å². The summed E-state index contributed by atoms with van der Waals surface area (Å²) < 4.78 is 25.7. The average Bonchev–Trinajstić information content (AvgIpc) is 3.07. The summed E-state index contributed by atoms with van der Waals surface area (Å²) >= 11 is 0. The molecule has 0 amide bonds. The summed E-state index contributed by atoms with van der Waals surface area (Å²) in [6, 6.07) is 10.4. The van der Waals surface area contributed by atoms with Crippen LogP contribution in [0.3, 0.4) is 0 Å². The first kappa shape index (κ1) is 16.1. The van der Waals surface area contributed by atoms with Gasteiger partial charge in [0.25, 0.3) is 0 Å². The van der Waals surface area contributed by atoms with Crippen LogP contribution in [0.4, 0.5) is 5.69 Å². The van der Waals surface area contributed by atoms with Crippen molar-refractivity contribution in [3.8, 4) is 0 Å². The van der Waals surface area contributed by atoms with Crippen LogP contribution in [0.5, 0.6) is 0 Å². The number of anilines is 1. The minimum absolute atomic E-state index is 0.221. The second-order valence-electron chi connectivity index (χ2n) is 6.35. The first-order valence-electron chi connectivity index (χ1n) is 8.26. The van der Waals surface area contributed by atoms with Gasteiger partial charge in [0.15, 0.2) is 0 Å². The van der Waals surface area contributed by atoms with Gasteiger partial charge >= 0.3 is 0 Å². The van der Waals surface area contributed by atoms with Crippen molar-refractivity contribution in [1.82, 2.24) is 14.9 Å². The number of aromatic nitrogens is 2. The van der Waals surface area contributed by atoms with Crippen molar-refractivity contribution in [3.05, 3.63) is 48.8 Å². The van der Waals surface area contributed by atoms with Crippen molar-refractivity contribution in [2.45, 2.75) is 9.79 Å². The molecule has 1 N–H and O–H groups in total. The zero-order valence-electron chi connectivity index (χ0n) is 14.0. The normalized spacial score (nSPS) is 16.4. The van der Waals surface area contributed by atoms with Gasteiger partial charge < -0.3 is 14.8 Å². The Morgan fingerprint density at radius 1 is 1.08 bits per heavy atom. The highest BCUT2D eigenvalue weighted by Crippen LogP contribution is 2.29. The maximum absolute atomic E-state index is 12.9. The van der Waals surface area contributed by atoms with Gasteiger partial charge in [-0.05, 0) is 25.2 Å². The van der Waals surface area contributed by atoms with E-state index in [1.807, 2.05) is 6.07 Å². The molecule has 1 aliphatic heterocycles. The number of aromatic amines is 1. The van der Waals surface area contributed by atoms with Gasteiger partial charge in [-0.15, -0.1) is 0 Å². The molecule has 3 heterocycles. The molecule has 0 aliphatic carbocycles. The summed E-state index contributed by atoms with van der Waals surface area (Å²) in [7, 11) is -1.47. The number of hydrogen-bond acceptors (Lipinski definition) is 5. The first-order valence-corrected chi connectivity index (χ1v) is 9.75. The maximum atomic E-state index is 12.9. The van der Waals surface area contributed by atoms with Crippen molar-refractivity contribution in [2.24, 2.45) is 0 Å². The van der Waals surface area contributed by atoms with Crippen LogP contribution >= 0.6 is 0 Å². The minimum Gasteiger partial charge on any atom is -0.368 e. The molecule has 2 aromatic heterocycles. The molecule has 1 aromatic carbocycles. The van der Waals surface area contributed by atoms with Crippen molar-refractivity contribution in [1.29, 1.82) is 0 Å². The van der Waals surface area contributed by atoms with E-state index in [1.165, 1.54) is 6.20 Å². The van der Waals surface area contributed by atoms with Gasteiger partial charge in [0.05, 0.1) is 22.3 Å². The summed E-state index contributed by atoms with van der Waals surface area (Å²) in [5.74, 6) is 0. The average molecular weight is 356 g/mol. The van der Waals surface area contributed by atoms with Gasteiger partial charge in [-0.1, -0.05) is 18.2 Å². The highest BCUT2D eigenvalue weighted by atomic mass is 32.2. The Morgan fingerprint density at radius 2 is 1.80 bits per heavy atom. The largest absolute Gasteiger partial charge is 0.368 e. The Kier molecular flexibility index (Phi) is 3.97. The zero-order valence-corrected chi connectivity index (χ0v) is 14.8. The first-order chi connectivity index (χ1) is 12.1. The molecular weight excluding hydrogens is 336 g/mol. The number of pyridine rings is 1. The molecule has 1 saturated heterocycles. The molecule has 0 unspecified atom stereocenters. The molecule has 0 saturated carbocycles. The van der Waals surface area contributed by atoms with Crippen LogP contribution in [0, 0.1) is 0 Å². The van der Waals surface area contributed by atoms with Crippen molar-refractivity contribution >= 4 is 26.6 Å². The molecule has 1 fully saturated rings. The molecular formula is C18H20N4O2S. The van der Waals surface area contributed by atoms with E-state index in [4.69, 9.17) is 0 Å². The SMILES string of the molecule is CN1CCN(c2cnc3c(S(=O)(=O)c4ccccc4)c[nH]c3c2)CC1. The number of piperazine rings is 1. The number of fused-ring (bicyclic) bond motifs is 1. The highest BCUT2D eigenvalue weighted by Gasteiger charge is 2.23. The van der Waals surface area contributed by atoms with Crippen molar-refractivity contribution in [2.75, 3.05) is 38.1 Å². The number of nitrogens with one attached hydrogen (secondary N) is 1. The second-order valence-corrected chi connectivity index (χ2v) is 8.27.